The minimum absolute atomic E-state index is 0.233. The maximum atomic E-state index is 13.2. The van der Waals surface area contributed by atoms with Crippen LogP contribution in [0.2, 0.25) is 0 Å². The summed E-state index contributed by atoms with van der Waals surface area (Å²) in [6.07, 6.45) is 3.51. The van der Waals surface area contributed by atoms with Crippen molar-refractivity contribution in [3.05, 3.63) is 28.8 Å². The lowest BCUT2D eigenvalue weighted by Gasteiger charge is -2.15. The zero-order valence-electron chi connectivity index (χ0n) is 11.7. The van der Waals surface area contributed by atoms with Gasteiger partial charge in [-0.1, -0.05) is 26.7 Å². The monoisotopic (exact) mass is 280 g/mol. The van der Waals surface area contributed by atoms with Crippen LogP contribution in [-0.4, -0.2) is 9.55 Å². The van der Waals surface area contributed by atoms with Crippen LogP contribution in [0.3, 0.4) is 0 Å². The van der Waals surface area contributed by atoms with Crippen molar-refractivity contribution in [2.45, 2.75) is 46.1 Å². The Morgan fingerprint density at radius 1 is 1.26 bits per heavy atom. The van der Waals surface area contributed by atoms with E-state index in [-0.39, 0.29) is 5.82 Å². The van der Waals surface area contributed by atoms with Crippen LogP contribution in [0.4, 0.5) is 4.39 Å². The van der Waals surface area contributed by atoms with Crippen LogP contribution < -0.4 is 0 Å². The van der Waals surface area contributed by atoms with Gasteiger partial charge in [0.1, 0.15) is 5.82 Å². The summed E-state index contributed by atoms with van der Waals surface area (Å²) in [4.78, 5) is 3.09. The van der Waals surface area contributed by atoms with Crippen molar-refractivity contribution in [2.75, 3.05) is 0 Å². The third kappa shape index (κ3) is 3.24. The summed E-state index contributed by atoms with van der Waals surface area (Å²) in [5, 5.41) is 0. The van der Waals surface area contributed by atoms with Gasteiger partial charge in [0, 0.05) is 6.04 Å². The van der Waals surface area contributed by atoms with E-state index in [0.29, 0.717) is 10.8 Å². The third-order valence-corrected chi connectivity index (χ3v) is 3.82. The second-order valence-corrected chi connectivity index (χ2v) is 6.02. The molecule has 1 atom stereocenters. The fourth-order valence-corrected chi connectivity index (χ4v) is 2.88. The highest BCUT2D eigenvalue weighted by Gasteiger charge is 2.11. The van der Waals surface area contributed by atoms with E-state index in [1.54, 1.807) is 6.07 Å². The molecule has 1 aromatic carbocycles. The molecule has 19 heavy (non-hydrogen) atoms. The number of fused-ring (bicyclic) bond motifs is 1. The molecule has 2 rings (SSSR count). The summed E-state index contributed by atoms with van der Waals surface area (Å²) < 4.78 is 16.0. The molecule has 0 amide bonds. The first-order valence-corrected chi connectivity index (χ1v) is 7.29. The van der Waals surface area contributed by atoms with Gasteiger partial charge < -0.3 is 9.55 Å². The average Bonchev–Trinajstić information content (AvgIpc) is 2.63. The van der Waals surface area contributed by atoms with Gasteiger partial charge in [0.15, 0.2) is 4.77 Å². The van der Waals surface area contributed by atoms with Crippen LogP contribution in [0.25, 0.3) is 11.0 Å². The van der Waals surface area contributed by atoms with E-state index in [1.165, 1.54) is 25.0 Å². The smallest absolute Gasteiger partial charge is 0.178 e. The molecule has 0 fully saturated rings. The van der Waals surface area contributed by atoms with Gasteiger partial charge in [-0.05, 0) is 49.7 Å². The van der Waals surface area contributed by atoms with Crippen LogP contribution in [0.1, 0.15) is 46.1 Å². The Hall–Kier alpha value is -1.16. The lowest BCUT2D eigenvalue weighted by molar-refractivity contribution is 0.451. The maximum Gasteiger partial charge on any atom is 0.178 e. The van der Waals surface area contributed by atoms with Crippen molar-refractivity contribution in [3.8, 4) is 0 Å². The number of hydrogen-bond acceptors (Lipinski definition) is 1. The number of aromatic nitrogens is 2. The van der Waals surface area contributed by atoms with Crippen LogP contribution >= 0.6 is 12.2 Å². The molecule has 0 saturated heterocycles. The molecule has 1 heterocycles. The SMILES string of the molecule is CC(C)CCCC(C)n1c(=S)[nH]c2cc(F)ccc21. The number of nitrogens with one attached hydrogen (secondary N) is 1. The normalized spacial score (nSPS) is 13.3. The number of H-pyrrole nitrogens is 1. The molecule has 1 N–H and O–H groups in total. The van der Waals surface area contributed by atoms with Gasteiger partial charge in [-0.15, -0.1) is 0 Å². The summed E-state index contributed by atoms with van der Waals surface area (Å²) in [5.74, 6) is 0.501. The summed E-state index contributed by atoms with van der Waals surface area (Å²) in [7, 11) is 0. The molecule has 0 spiro atoms. The first kappa shape index (κ1) is 14.3. The van der Waals surface area contributed by atoms with Gasteiger partial charge in [0.05, 0.1) is 11.0 Å². The number of halogens is 1. The minimum Gasteiger partial charge on any atom is -0.330 e. The Labute approximate surface area is 118 Å². The fraction of sp³-hybridized carbons (Fsp3) is 0.533. The Balaban J connectivity index is 2.24. The molecule has 104 valence electrons. The van der Waals surface area contributed by atoms with E-state index >= 15 is 0 Å². The second kappa shape index (κ2) is 5.87. The van der Waals surface area contributed by atoms with Crippen molar-refractivity contribution in [1.29, 1.82) is 0 Å². The van der Waals surface area contributed by atoms with Crippen LogP contribution in [0.5, 0.6) is 0 Å². The topological polar surface area (TPSA) is 20.7 Å². The van der Waals surface area contributed by atoms with Crippen molar-refractivity contribution >= 4 is 23.3 Å². The molecule has 0 aliphatic heterocycles. The number of benzene rings is 1. The number of nitrogens with zero attached hydrogens (tertiary/aromatic N) is 1. The fourth-order valence-electron chi connectivity index (χ4n) is 2.49. The molecule has 1 aromatic heterocycles. The van der Waals surface area contributed by atoms with E-state index in [4.69, 9.17) is 12.2 Å². The number of hydrogen-bond donors (Lipinski definition) is 1. The third-order valence-electron chi connectivity index (χ3n) is 3.52. The second-order valence-electron chi connectivity index (χ2n) is 5.64. The summed E-state index contributed by atoms with van der Waals surface area (Å²) >= 11 is 5.36. The standard InChI is InChI=1S/C15H21FN2S/c1-10(2)5-4-6-11(3)18-14-8-7-12(16)9-13(14)17-15(18)19/h7-11H,4-6H2,1-3H3,(H,17,19). The van der Waals surface area contributed by atoms with E-state index in [0.717, 1.165) is 23.4 Å². The highest BCUT2D eigenvalue weighted by atomic mass is 32.1. The minimum atomic E-state index is -0.233. The van der Waals surface area contributed by atoms with Gasteiger partial charge in [-0.25, -0.2) is 4.39 Å². The molecule has 2 aromatic rings. The van der Waals surface area contributed by atoms with Crippen LogP contribution in [0.15, 0.2) is 18.2 Å². The summed E-state index contributed by atoms with van der Waals surface area (Å²) in [5.41, 5.74) is 1.77. The highest BCUT2D eigenvalue weighted by molar-refractivity contribution is 7.71. The van der Waals surface area contributed by atoms with Gasteiger partial charge >= 0.3 is 0 Å². The molecule has 1 unspecified atom stereocenters. The first-order valence-electron chi connectivity index (χ1n) is 6.89. The maximum absolute atomic E-state index is 13.2. The summed E-state index contributed by atoms with van der Waals surface area (Å²) in [6.45, 7) is 6.66. The van der Waals surface area contributed by atoms with Gasteiger partial charge in [0.25, 0.3) is 0 Å². The Morgan fingerprint density at radius 3 is 2.68 bits per heavy atom. The first-order chi connectivity index (χ1) is 8.99. The average molecular weight is 280 g/mol. The van der Waals surface area contributed by atoms with Gasteiger partial charge in [-0.2, -0.15) is 0 Å². The summed E-state index contributed by atoms with van der Waals surface area (Å²) in [6, 6.07) is 5.13. The number of imidazole rings is 1. The van der Waals surface area contributed by atoms with Crippen LogP contribution in [-0.2, 0) is 0 Å². The van der Waals surface area contributed by atoms with Crippen LogP contribution in [0, 0.1) is 16.5 Å². The molecule has 0 saturated carbocycles. The molecular formula is C15H21FN2S. The van der Waals surface area contributed by atoms with Gasteiger partial charge in [-0.3, -0.25) is 0 Å². The van der Waals surface area contributed by atoms with Crippen molar-refractivity contribution < 1.29 is 4.39 Å². The largest absolute Gasteiger partial charge is 0.330 e. The van der Waals surface area contributed by atoms with Crippen molar-refractivity contribution in [1.82, 2.24) is 9.55 Å². The van der Waals surface area contributed by atoms with Crippen molar-refractivity contribution in [3.63, 3.8) is 0 Å². The quantitative estimate of drug-likeness (QED) is 0.744. The Bertz CT molecular complexity index is 612. The Morgan fingerprint density at radius 2 is 2.00 bits per heavy atom. The van der Waals surface area contributed by atoms with E-state index < -0.39 is 0 Å². The Kier molecular flexibility index (Phi) is 4.40. The van der Waals surface area contributed by atoms with Gasteiger partial charge in [0.2, 0.25) is 0 Å². The number of aromatic amines is 1. The predicted molar refractivity (Wildman–Crippen MR) is 80.5 cm³/mol. The molecule has 0 aliphatic rings. The molecule has 0 aliphatic carbocycles. The molecule has 2 nitrogen and oxygen atoms in total. The zero-order chi connectivity index (χ0) is 14.0. The zero-order valence-corrected chi connectivity index (χ0v) is 12.6. The molecule has 0 radical (unpaired) electrons. The number of rotatable bonds is 5. The molecule has 0 bridgehead atoms. The highest BCUT2D eigenvalue weighted by Crippen LogP contribution is 2.24. The lowest BCUT2D eigenvalue weighted by Crippen LogP contribution is -2.05. The van der Waals surface area contributed by atoms with E-state index in [2.05, 4.69) is 30.3 Å². The molecular weight excluding hydrogens is 259 g/mol. The molecule has 4 heteroatoms. The van der Waals surface area contributed by atoms with E-state index in [9.17, 15) is 4.39 Å². The predicted octanol–water partition coefficient (Wildman–Crippen LogP) is 5.23. The van der Waals surface area contributed by atoms with E-state index in [1.807, 2.05) is 0 Å². The van der Waals surface area contributed by atoms with Crippen molar-refractivity contribution in [2.24, 2.45) is 5.92 Å². The lowest BCUT2D eigenvalue weighted by atomic mass is 10.0.